The minimum Gasteiger partial charge on any atom is -0.466 e. The van der Waals surface area contributed by atoms with E-state index in [0.29, 0.717) is 0 Å². The van der Waals surface area contributed by atoms with E-state index in [1.165, 1.54) is 4.90 Å². The molecule has 2 amide bonds. The normalized spacial score (nSPS) is 15.7. The van der Waals surface area contributed by atoms with Gasteiger partial charge in [0.15, 0.2) is 5.82 Å². The van der Waals surface area contributed by atoms with Crippen molar-refractivity contribution < 1.29 is 45.4 Å². The van der Waals surface area contributed by atoms with E-state index < -0.39 is 52.5 Å². The Balaban J connectivity index is 1.51. The number of hydrogen-bond acceptors (Lipinski definition) is 10. The number of alkyl halides is 3. The zero-order chi connectivity index (χ0) is 34.2. The summed E-state index contributed by atoms with van der Waals surface area (Å²) in [6.45, 7) is 2.82. The molecule has 0 bridgehead atoms. The molecule has 1 N–H and O–H groups in total. The van der Waals surface area contributed by atoms with Gasteiger partial charge in [0.1, 0.15) is 24.8 Å². The molecule has 18 heteroatoms. The largest absolute Gasteiger partial charge is 0.573 e. The third-order valence-electron chi connectivity index (χ3n) is 7.06. The summed E-state index contributed by atoms with van der Waals surface area (Å²) < 4.78 is 74.8. The van der Waals surface area contributed by atoms with E-state index in [4.69, 9.17) is 4.74 Å². The fourth-order valence-corrected chi connectivity index (χ4v) is 6.41. The monoisotopic (exact) mass is 681 g/mol. The lowest BCUT2D eigenvalue weighted by molar-refractivity contribution is -0.274. The van der Waals surface area contributed by atoms with Crippen molar-refractivity contribution in [2.45, 2.75) is 63.5 Å². The van der Waals surface area contributed by atoms with Crippen LogP contribution in [0.4, 0.5) is 13.2 Å². The van der Waals surface area contributed by atoms with Gasteiger partial charge in [0.05, 0.1) is 11.5 Å². The maximum Gasteiger partial charge on any atom is 0.573 e. The average Bonchev–Trinajstić information content (AvgIpc) is 3.46. The van der Waals surface area contributed by atoms with Crippen LogP contribution in [-0.2, 0) is 55.1 Å². The molecule has 14 nitrogen and oxygen atoms in total. The molecule has 1 aliphatic heterocycles. The van der Waals surface area contributed by atoms with Gasteiger partial charge in [0.25, 0.3) is 0 Å². The molecule has 0 spiro atoms. The van der Waals surface area contributed by atoms with Crippen molar-refractivity contribution in [3.8, 4) is 5.75 Å². The van der Waals surface area contributed by atoms with Crippen molar-refractivity contribution >= 4 is 27.8 Å². The Morgan fingerprint density at radius 3 is 2.32 bits per heavy atom. The van der Waals surface area contributed by atoms with Crippen molar-refractivity contribution in [3.05, 3.63) is 65.5 Å². The van der Waals surface area contributed by atoms with E-state index >= 15 is 0 Å². The van der Waals surface area contributed by atoms with Crippen molar-refractivity contribution in [2.75, 3.05) is 26.2 Å². The Labute approximate surface area is 268 Å². The third-order valence-corrected chi connectivity index (χ3v) is 8.98. The van der Waals surface area contributed by atoms with Crippen LogP contribution in [0, 0.1) is 0 Å². The van der Waals surface area contributed by atoms with E-state index in [-0.39, 0.29) is 49.9 Å². The van der Waals surface area contributed by atoms with Crippen LogP contribution in [0.15, 0.2) is 53.4 Å². The predicted molar refractivity (Wildman–Crippen MR) is 158 cm³/mol. The zero-order valence-corrected chi connectivity index (χ0v) is 26.5. The summed E-state index contributed by atoms with van der Waals surface area (Å²) >= 11 is 0. The second-order valence-corrected chi connectivity index (χ2v) is 12.4. The first-order valence-corrected chi connectivity index (χ1v) is 16.2. The molecule has 1 aliphatic rings. The lowest BCUT2D eigenvalue weighted by Gasteiger charge is -2.39. The van der Waals surface area contributed by atoms with Crippen molar-refractivity contribution in [1.82, 2.24) is 34.7 Å². The molecule has 3 aromatic rings. The number of tetrazole rings is 1. The fraction of sp³-hybridized carbons (Fsp3) is 0.448. The highest BCUT2D eigenvalue weighted by molar-refractivity contribution is 7.89. The van der Waals surface area contributed by atoms with E-state index in [1.54, 1.807) is 6.92 Å². The number of rotatable bonds is 13. The molecule has 4 rings (SSSR count). The number of benzene rings is 2. The van der Waals surface area contributed by atoms with Gasteiger partial charge in [-0.2, -0.15) is 9.10 Å². The molecule has 1 unspecified atom stereocenters. The Bertz CT molecular complexity index is 1650. The number of halogens is 3. The van der Waals surface area contributed by atoms with Crippen molar-refractivity contribution in [2.24, 2.45) is 0 Å². The van der Waals surface area contributed by atoms with Gasteiger partial charge in [-0.3, -0.25) is 14.4 Å². The predicted octanol–water partition coefficient (Wildman–Crippen LogP) is 1.85. The van der Waals surface area contributed by atoms with Gasteiger partial charge in [-0.1, -0.05) is 37.6 Å². The number of esters is 1. The molecule has 2 aromatic carbocycles. The average molecular weight is 682 g/mol. The van der Waals surface area contributed by atoms with Crippen molar-refractivity contribution in [1.29, 1.82) is 0 Å². The fourth-order valence-electron chi connectivity index (χ4n) is 4.84. The number of ether oxygens (including phenoxy) is 2. The van der Waals surface area contributed by atoms with Crippen LogP contribution in [0.2, 0.25) is 0 Å². The highest BCUT2D eigenvalue weighted by Crippen LogP contribution is 2.27. The van der Waals surface area contributed by atoms with Crippen LogP contribution in [-0.4, -0.2) is 94.3 Å². The first kappa shape index (κ1) is 35.3. The molecule has 2 heterocycles. The molecule has 254 valence electrons. The van der Waals surface area contributed by atoms with E-state index in [2.05, 4.69) is 32.4 Å². The Kier molecular flexibility index (Phi) is 11.5. The second-order valence-electron chi connectivity index (χ2n) is 10.5. The standard InChI is InChI=1S/C29H34F3N7O7S/c1-3-5-20-6-8-21(9-7-20)17-33-28(42)24-18-37(26(40)19-39-35-25(34-36-39)16-27(41)45-4-2)14-15-38(24)47(43,44)23-12-10-22(11-13-23)46-29(30,31)32/h6-13,24H,3-5,14-19H2,1-2H3,(H,33,42). The molecule has 1 atom stereocenters. The topological polar surface area (TPSA) is 166 Å². The summed E-state index contributed by atoms with van der Waals surface area (Å²) in [5.41, 5.74) is 1.90. The number of sulfonamides is 1. The van der Waals surface area contributed by atoms with Gasteiger partial charge in [0.2, 0.25) is 21.8 Å². The molecule has 1 aromatic heterocycles. The molecule has 47 heavy (non-hydrogen) atoms. The SMILES string of the molecule is CCCc1ccc(CNC(=O)C2CN(C(=O)Cn3nnc(CC(=O)OCC)n3)CCN2S(=O)(=O)c2ccc(OC(F)(F)F)cc2)cc1. The Morgan fingerprint density at radius 2 is 1.68 bits per heavy atom. The molecular formula is C29H34F3N7O7S. The van der Waals surface area contributed by atoms with Crippen LogP contribution < -0.4 is 10.1 Å². The number of carbonyl (C=O) groups is 3. The Hall–Kier alpha value is -4.58. The van der Waals surface area contributed by atoms with Gasteiger partial charge < -0.3 is 19.7 Å². The van der Waals surface area contributed by atoms with Crippen LogP contribution in [0.1, 0.15) is 37.2 Å². The van der Waals surface area contributed by atoms with Crippen molar-refractivity contribution in [3.63, 3.8) is 0 Å². The van der Waals surface area contributed by atoms with E-state index in [1.807, 2.05) is 24.3 Å². The smallest absolute Gasteiger partial charge is 0.466 e. The number of piperazine rings is 1. The highest BCUT2D eigenvalue weighted by Gasteiger charge is 2.41. The summed E-state index contributed by atoms with van der Waals surface area (Å²) in [6, 6.07) is 9.81. The summed E-state index contributed by atoms with van der Waals surface area (Å²) in [5.74, 6) is -2.36. The molecule has 0 saturated carbocycles. The third kappa shape index (κ3) is 9.71. The maximum atomic E-state index is 13.7. The minimum absolute atomic E-state index is 0.0406. The lowest BCUT2D eigenvalue weighted by atomic mass is 10.1. The first-order chi connectivity index (χ1) is 22.3. The van der Waals surface area contributed by atoms with Crippen LogP contribution in [0.3, 0.4) is 0 Å². The lowest BCUT2D eigenvalue weighted by Crippen LogP contribution is -2.61. The van der Waals surface area contributed by atoms with Gasteiger partial charge in [-0.25, -0.2) is 8.42 Å². The van der Waals surface area contributed by atoms with E-state index in [9.17, 15) is 36.0 Å². The van der Waals surface area contributed by atoms with Gasteiger partial charge in [0, 0.05) is 26.2 Å². The number of amides is 2. The molecular weight excluding hydrogens is 647 g/mol. The molecule has 0 aliphatic carbocycles. The molecule has 1 fully saturated rings. The highest BCUT2D eigenvalue weighted by atomic mass is 32.2. The second kappa shape index (κ2) is 15.3. The number of aromatic nitrogens is 4. The number of carbonyl (C=O) groups excluding carboxylic acids is 3. The maximum absolute atomic E-state index is 13.7. The summed E-state index contributed by atoms with van der Waals surface area (Å²) in [5, 5.41) is 14.3. The summed E-state index contributed by atoms with van der Waals surface area (Å²) in [4.78, 5) is 40.4. The molecule has 0 radical (unpaired) electrons. The summed E-state index contributed by atoms with van der Waals surface area (Å²) in [7, 11) is -4.42. The number of hydrogen-bond donors (Lipinski definition) is 1. The zero-order valence-electron chi connectivity index (χ0n) is 25.6. The van der Waals surface area contributed by atoms with E-state index in [0.717, 1.165) is 57.3 Å². The van der Waals surface area contributed by atoms with Crippen LogP contribution >= 0.6 is 0 Å². The van der Waals surface area contributed by atoms with Crippen LogP contribution in [0.5, 0.6) is 5.75 Å². The minimum atomic E-state index is -4.97. The Morgan fingerprint density at radius 1 is 1.00 bits per heavy atom. The number of aryl methyl sites for hydroxylation is 1. The summed E-state index contributed by atoms with van der Waals surface area (Å²) in [6.07, 6.45) is -3.35. The van der Waals surface area contributed by atoms with Gasteiger partial charge >= 0.3 is 12.3 Å². The number of nitrogens with one attached hydrogen (secondary N) is 1. The first-order valence-electron chi connectivity index (χ1n) is 14.7. The van der Waals surface area contributed by atoms with Gasteiger partial charge in [-0.05, 0) is 54.0 Å². The van der Waals surface area contributed by atoms with Gasteiger partial charge in [-0.15, -0.1) is 23.4 Å². The van der Waals surface area contributed by atoms with Crippen LogP contribution in [0.25, 0.3) is 0 Å². The molecule has 1 saturated heterocycles. The number of nitrogens with zero attached hydrogens (tertiary/aromatic N) is 6. The quantitative estimate of drug-likeness (QED) is 0.263.